The Morgan fingerprint density at radius 2 is 2.11 bits per heavy atom. The average Bonchev–Trinajstić information content (AvgIpc) is 3.09. The third-order valence-electron chi connectivity index (χ3n) is 3.19. The van der Waals surface area contributed by atoms with Crippen LogP contribution in [0.2, 0.25) is 0 Å². The van der Waals surface area contributed by atoms with Crippen molar-refractivity contribution in [1.82, 2.24) is 10.2 Å². The van der Waals surface area contributed by atoms with Crippen molar-refractivity contribution in [1.29, 1.82) is 0 Å². The summed E-state index contributed by atoms with van der Waals surface area (Å²) in [4.78, 5) is 24.7. The van der Waals surface area contributed by atoms with Gasteiger partial charge in [0, 0.05) is 19.1 Å². The van der Waals surface area contributed by atoms with Gasteiger partial charge in [0.2, 0.25) is 5.76 Å². The predicted octanol–water partition coefficient (Wildman–Crippen LogP) is 1.19. The Morgan fingerprint density at radius 1 is 1.42 bits per heavy atom. The molecule has 2 rings (SSSR count). The number of aromatic carboxylic acids is 1. The fourth-order valence-corrected chi connectivity index (χ4v) is 2.01. The first-order chi connectivity index (χ1) is 9.11. The molecular weight excluding hydrogens is 248 g/mol. The Bertz CT molecular complexity index is 465. The predicted molar refractivity (Wildman–Crippen MR) is 68.3 cm³/mol. The highest BCUT2D eigenvalue weighted by atomic mass is 16.4. The lowest BCUT2D eigenvalue weighted by atomic mass is 10.4. The van der Waals surface area contributed by atoms with Crippen molar-refractivity contribution in [3.05, 3.63) is 23.7 Å². The number of likely N-dealkylation sites (N-methyl/N-ethyl adjacent to an activating group) is 1. The highest BCUT2D eigenvalue weighted by molar-refractivity contribution is 5.93. The minimum atomic E-state index is -1.18. The molecule has 1 aliphatic rings. The summed E-state index contributed by atoms with van der Waals surface area (Å²) in [6, 6.07) is 3.32. The number of hydrogen-bond donors (Lipinski definition) is 2. The number of nitrogens with one attached hydrogen (secondary N) is 1. The Morgan fingerprint density at radius 3 is 2.63 bits per heavy atom. The van der Waals surface area contributed by atoms with Crippen LogP contribution in [0.3, 0.4) is 0 Å². The summed E-state index contributed by atoms with van der Waals surface area (Å²) < 4.78 is 4.93. The molecule has 1 aliphatic carbocycles. The number of carbonyl (C=O) groups is 2. The highest BCUT2D eigenvalue weighted by Crippen LogP contribution is 2.25. The zero-order valence-corrected chi connectivity index (χ0v) is 10.9. The molecule has 0 saturated heterocycles. The molecule has 6 nitrogen and oxygen atoms in total. The lowest BCUT2D eigenvalue weighted by Gasteiger charge is -2.19. The van der Waals surface area contributed by atoms with Crippen molar-refractivity contribution in [2.75, 3.05) is 19.6 Å². The number of amides is 1. The molecule has 104 valence electrons. The van der Waals surface area contributed by atoms with E-state index in [9.17, 15) is 9.59 Å². The van der Waals surface area contributed by atoms with E-state index >= 15 is 0 Å². The molecule has 0 aromatic carbocycles. The molecule has 1 amide bonds. The molecule has 0 unspecified atom stereocenters. The third-order valence-corrected chi connectivity index (χ3v) is 3.19. The van der Waals surface area contributed by atoms with Gasteiger partial charge in [0.25, 0.3) is 5.91 Å². The average molecular weight is 266 g/mol. The summed E-state index contributed by atoms with van der Waals surface area (Å²) in [5, 5.41) is 11.4. The maximum Gasteiger partial charge on any atom is 0.371 e. The van der Waals surface area contributed by atoms with Gasteiger partial charge < -0.3 is 14.8 Å². The molecule has 1 aromatic heterocycles. The zero-order chi connectivity index (χ0) is 13.8. The maximum absolute atomic E-state index is 11.7. The fourth-order valence-electron chi connectivity index (χ4n) is 2.01. The largest absolute Gasteiger partial charge is 0.475 e. The van der Waals surface area contributed by atoms with Gasteiger partial charge in [-0.3, -0.25) is 9.69 Å². The monoisotopic (exact) mass is 266 g/mol. The molecule has 0 spiro atoms. The second-order valence-electron chi connectivity index (χ2n) is 4.58. The van der Waals surface area contributed by atoms with Crippen LogP contribution in [0.1, 0.15) is 40.9 Å². The first-order valence-electron chi connectivity index (χ1n) is 6.47. The van der Waals surface area contributed by atoms with Crippen molar-refractivity contribution in [3.8, 4) is 0 Å². The quantitative estimate of drug-likeness (QED) is 0.774. The van der Waals surface area contributed by atoms with E-state index in [1.165, 1.54) is 25.0 Å². The van der Waals surface area contributed by atoms with Gasteiger partial charge in [-0.2, -0.15) is 0 Å². The number of carboxylic acids is 1. The van der Waals surface area contributed by atoms with Gasteiger partial charge in [0.05, 0.1) is 0 Å². The van der Waals surface area contributed by atoms with E-state index in [4.69, 9.17) is 9.52 Å². The SMILES string of the molecule is CCN(CCNC(=O)c1ccc(C(=O)O)o1)C1CC1. The molecule has 1 heterocycles. The molecule has 1 aromatic rings. The zero-order valence-electron chi connectivity index (χ0n) is 10.9. The number of rotatable bonds is 7. The molecule has 0 aliphatic heterocycles. The maximum atomic E-state index is 11.7. The first-order valence-corrected chi connectivity index (χ1v) is 6.47. The molecule has 0 atom stereocenters. The molecule has 6 heteroatoms. The van der Waals surface area contributed by atoms with E-state index in [0.29, 0.717) is 12.6 Å². The number of carboxylic acid groups (broad SMARTS) is 1. The number of furan rings is 1. The second-order valence-corrected chi connectivity index (χ2v) is 4.58. The van der Waals surface area contributed by atoms with Crippen LogP contribution in [0.25, 0.3) is 0 Å². The minimum absolute atomic E-state index is 0.0341. The molecule has 1 saturated carbocycles. The van der Waals surface area contributed by atoms with Crippen LogP contribution < -0.4 is 5.32 Å². The molecular formula is C13H18N2O4. The standard InChI is InChI=1S/C13H18N2O4/c1-2-15(9-3-4-9)8-7-14-12(16)10-5-6-11(19-10)13(17)18/h5-6,9H,2-4,7-8H2,1H3,(H,14,16)(H,17,18). The van der Waals surface area contributed by atoms with Crippen LogP contribution >= 0.6 is 0 Å². The Labute approximate surface area is 111 Å². The van der Waals surface area contributed by atoms with Crippen LogP contribution in [0.15, 0.2) is 16.5 Å². The number of hydrogen-bond acceptors (Lipinski definition) is 4. The Hall–Kier alpha value is -1.82. The lowest BCUT2D eigenvalue weighted by molar-refractivity contribution is 0.0659. The Kier molecular flexibility index (Phi) is 4.21. The number of nitrogens with zero attached hydrogens (tertiary/aromatic N) is 1. The van der Waals surface area contributed by atoms with Crippen molar-refractivity contribution < 1.29 is 19.1 Å². The van der Waals surface area contributed by atoms with Crippen molar-refractivity contribution in [3.63, 3.8) is 0 Å². The second kappa shape index (κ2) is 5.88. The molecule has 1 fully saturated rings. The smallest absolute Gasteiger partial charge is 0.371 e. The first kappa shape index (κ1) is 13.6. The fraction of sp³-hybridized carbons (Fsp3) is 0.538. The van der Waals surface area contributed by atoms with Gasteiger partial charge in [0.1, 0.15) is 0 Å². The van der Waals surface area contributed by atoms with Crippen LogP contribution in [0.4, 0.5) is 0 Å². The molecule has 2 N–H and O–H groups in total. The van der Waals surface area contributed by atoms with Crippen LogP contribution in [0, 0.1) is 0 Å². The van der Waals surface area contributed by atoms with Crippen molar-refractivity contribution >= 4 is 11.9 Å². The third kappa shape index (κ3) is 3.57. The summed E-state index contributed by atoms with van der Waals surface area (Å²) >= 11 is 0. The summed E-state index contributed by atoms with van der Waals surface area (Å²) in [6.45, 7) is 4.42. The van der Waals surface area contributed by atoms with E-state index in [-0.39, 0.29) is 17.4 Å². The van der Waals surface area contributed by atoms with E-state index in [0.717, 1.165) is 13.1 Å². The van der Waals surface area contributed by atoms with Crippen LogP contribution in [0.5, 0.6) is 0 Å². The van der Waals surface area contributed by atoms with E-state index < -0.39 is 5.97 Å². The van der Waals surface area contributed by atoms with Gasteiger partial charge in [-0.05, 0) is 31.5 Å². The number of carbonyl (C=O) groups excluding carboxylic acids is 1. The molecule has 19 heavy (non-hydrogen) atoms. The summed E-state index contributed by atoms with van der Waals surface area (Å²) in [7, 11) is 0. The molecule has 0 radical (unpaired) electrons. The summed E-state index contributed by atoms with van der Waals surface area (Å²) in [6.07, 6.45) is 2.48. The van der Waals surface area contributed by atoms with Gasteiger partial charge in [-0.1, -0.05) is 6.92 Å². The van der Waals surface area contributed by atoms with Gasteiger partial charge >= 0.3 is 5.97 Å². The van der Waals surface area contributed by atoms with Crippen molar-refractivity contribution in [2.45, 2.75) is 25.8 Å². The normalized spacial score (nSPS) is 14.6. The van der Waals surface area contributed by atoms with Gasteiger partial charge in [-0.25, -0.2) is 4.79 Å². The molecule has 0 bridgehead atoms. The lowest BCUT2D eigenvalue weighted by Crippen LogP contribution is -2.36. The minimum Gasteiger partial charge on any atom is -0.475 e. The van der Waals surface area contributed by atoms with E-state index in [1.54, 1.807) is 0 Å². The van der Waals surface area contributed by atoms with Crippen LogP contribution in [-0.4, -0.2) is 47.6 Å². The van der Waals surface area contributed by atoms with Gasteiger partial charge in [0.15, 0.2) is 5.76 Å². The summed E-state index contributed by atoms with van der Waals surface area (Å²) in [5.74, 6) is -1.74. The van der Waals surface area contributed by atoms with Gasteiger partial charge in [-0.15, -0.1) is 0 Å². The topological polar surface area (TPSA) is 82.8 Å². The summed E-state index contributed by atoms with van der Waals surface area (Å²) in [5.41, 5.74) is 0. The van der Waals surface area contributed by atoms with E-state index in [2.05, 4.69) is 17.1 Å². The Balaban J connectivity index is 1.78. The van der Waals surface area contributed by atoms with Crippen molar-refractivity contribution in [2.24, 2.45) is 0 Å². The van der Waals surface area contributed by atoms with E-state index in [1.807, 2.05) is 0 Å². The van der Waals surface area contributed by atoms with Crippen LogP contribution in [-0.2, 0) is 0 Å². The highest BCUT2D eigenvalue weighted by Gasteiger charge is 2.27.